The average Bonchev–Trinajstić information content (AvgIpc) is 2.87. The van der Waals surface area contributed by atoms with Gasteiger partial charge in [0, 0.05) is 10.4 Å². The van der Waals surface area contributed by atoms with Crippen LogP contribution in [-0.2, 0) is 11.3 Å². The van der Waals surface area contributed by atoms with Gasteiger partial charge in [0.15, 0.2) is 0 Å². The molecular formula is C16H14N2O4S. The number of hydrogen-bond acceptors (Lipinski definition) is 5. The highest BCUT2D eigenvalue weighted by molar-refractivity contribution is 7.19. The van der Waals surface area contributed by atoms with Gasteiger partial charge in [0.2, 0.25) is 0 Å². The number of ether oxygens (including phenoxy) is 1. The maximum atomic E-state index is 12.7. The number of benzene rings is 1. The Morgan fingerprint density at radius 3 is 2.91 bits per heavy atom. The second-order valence-corrected chi connectivity index (χ2v) is 6.22. The minimum Gasteiger partial charge on any atom is -0.497 e. The van der Waals surface area contributed by atoms with Gasteiger partial charge in [0.25, 0.3) is 5.56 Å². The van der Waals surface area contributed by atoms with Crippen LogP contribution in [-0.4, -0.2) is 27.7 Å². The van der Waals surface area contributed by atoms with Gasteiger partial charge in [-0.15, -0.1) is 11.3 Å². The van der Waals surface area contributed by atoms with E-state index in [2.05, 4.69) is 4.98 Å². The van der Waals surface area contributed by atoms with Crippen molar-refractivity contribution in [1.82, 2.24) is 9.55 Å². The van der Waals surface area contributed by atoms with E-state index < -0.39 is 12.5 Å². The minimum absolute atomic E-state index is 0.348. The number of aromatic nitrogens is 2. The molecule has 0 bridgehead atoms. The molecule has 0 radical (unpaired) electrons. The lowest BCUT2D eigenvalue weighted by molar-refractivity contribution is -0.137. The maximum Gasteiger partial charge on any atom is 0.323 e. The third-order valence-corrected chi connectivity index (χ3v) is 4.53. The smallest absolute Gasteiger partial charge is 0.323 e. The van der Waals surface area contributed by atoms with Gasteiger partial charge in [0.05, 0.1) is 18.8 Å². The van der Waals surface area contributed by atoms with E-state index in [9.17, 15) is 9.59 Å². The minimum atomic E-state index is -1.08. The number of carbonyl (C=O) groups is 1. The van der Waals surface area contributed by atoms with Crippen LogP contribution in [0.3, 0.4) is 0 Å². The van der Waals surface area contributed by atoms with Crippen molar-refractivity contribution in [2.45, 2.75) is 13.5 Å². The summed E-state index contributed by atoms with van der Waals surface area (Å²) in [6.45, 7) is 1.51. The summed E-state index contributed by atoms with van der Waals surface area (Å²) in [6.07, 6.45) is 1.28. The number of aryl methyl sites for hydroxylation is 1. The normalized spacial score (nSPS) is 10.9. The largest absolute Gasteiger partial charge is 0.497 e. The first kappa shape index (κ1) is 15.2. The summed E-state index contributed by atoms with van der Waals surface area (Å²) < 4.78 is 6.35. The van der Waals surface area contributed by atoms with Gasteiger partial charge in [-0.1, -0.05) is 12.1 Å². The molecule has 0 aliphatic heterocycles. The van der Waals surface area contributed by atoms with Gasteiger partial charge >= 0.3 is 5.97 Å². The van der Waals surface area contributed by atoms with Crippen LogP contribution in [0.1, 0.15) is 4.88 Å². The number of rotatable bonds is 4. The molecule has 0 saturated heterocycles. The Balaban J connectivity index is 2.29. The number of methoxy groups -OCH3 is 1. The SMILES string of the molecule is COc1cccc(-c2c(C)sc3ncn(CC(=O)O)c(=O)c23)c1. The molecule has 118 valence electrons. The summed E-state index contributed by atoms with van der Waals surface area (Å²) >= 11 is 1.42. The molecule has 0 spiro atoms. The lowest BCUT2D eigenvalue weighted by Crippen LogP contribution is -2.24. The summed E-state index contributed by atoms with van der Waals surface area (Å²) in [4.78, 5) is 29.3. The van der Waals surface area contributed by atoms with Gasteiger partial charge in [-0.05, 0) is 24.6 Å². The number of aliphatic carboxylic acids is 1. The monoisotopic (exact) mass is 330 g/mol. The van der Waals surface area contributed by atoms with Crippen LogP contribution < -0.4 is 10.3 Å². The second-order valence-electron chi connectivity index (χ2n) is 5.02. The van der Waals surface area contributed by atoms with Crippen molar-refractivity contribution in [3.63, 3.8) is 0 Å². The fourth-order valence-electron chi connectivity index (χ4n) is 2.52. The van der Waals surface area contributed by atoms with Crippen molar-refractivity contribution in [2.75, 3.05) is 7.11 Å². The zero-order chi connectivity index (χ0) is 16.6. The molecule has 6 nitrogen and oxygen atoms in total. The van der Waals surface area contributed by atoms with Gasteiger partial charge in [-0.25, -0.2) is 4.98 Å². The Hall–Kier alpha value is -2.67. The Morgan fingerprint density at radius 2 is 2.22 bits per heavy atom. The Labute approximate surface area is 135 Å². The van der Waals surface area contributed by atoms with E-state index in [1.54, 1.807) is 7.11 Å². The number of carboxylic acid groups (broad SMARTS) is 1. The molecule has 3 aromatic rings. The molecule has 7 heteroatoms. The molecule has 0 fully saturated rings. The molecule has 0 atom stereocenters. The number of thiophene rings is 1. The average molecular weight is 330 g/mol. The van der Waals surface area contributed by atoms with Crippen LogP contribution in [0.5, 0.6) is 5.75 Å². The fraction of sp³-hybridized carbons (Fsp3) is 0.188. The van der Waals surface area contributed by atoms with Crippen molar-refractivity contribution in [3.8, 4) is 16.9 Å². The van der Waals surface area contributed by atoms with E-state index in [-0.39, 0.29) is 5.56 Å². The topological polar surface area (TPSA) is 81.4 Å². The van der Waals surface area contributed by atoms with Crippen LogP contribution in [0.4, 0.5) is 0 Å². The molecule has 3 rings (SSSR count). The third kappa shape index (κ3) is 2.70. The number of carboxylic acids is 1. The van der Waals surface area contributed by atoms with Crippen molar-refractivity contribution in [2.24, 2.45) is 0 Å². The van der Waals surface area contributed by atoms with Crippen molar-refractivity contribution < 1.29 is 14.6 Å². The van der Waals surface area contributed by atoms with E-state index in [1.807, 2.05) is 31.2 Å². The van der Waals surface area contributed by atoms with Crippen molar-refractivity contribution in [3.05, 3.63) is 45.8 Å². The predicted molar refractivity (Wildman–Crippen MR) is 88.2 cm³/mol. The van der Waals surface area contributed by atoms with Crippen LogP contribution in [0.15, 0.2) is 35.4 Å². The predicted octanol–water partition coefficient (Wildman–Crippen LogP) is 2.53. The summed E-state index contributed by atoms with van der Waals surface area (Å²) in [5, 5.41) is 9.37. The fourth-order valence-corrected chi connectivity index (χ4v) is 3.53. The molecule has 0 aliphatic rings. The molecule has 0 aliphatic carbocycles. The highest BCUT2D eigenvalue weighted by atomic mass is 32.1. The lowest BCUT2D eigenvalue weighted by atomic mass is 10.0. The zero-order valence-corrected chi connectivity index (χ0v) is 13.4. The molecule has 2 heterocycles. The van der Waals surface area contributed by atoms with Gasteiger partial charge in [-0.2, -0.15) is 0 Å². The van der Waals surface area contributed by atoms with E-state index in [0.717, 1.165) is 20.6 Å². The summed E-state index contributed by atoms with van der Waals surface area (Å²) in [5.74, 6) is -0.390. The lowest BCUT2D eigenvalue weighted by Gasteiger charge is -2.06. The Bertz CT molecular complexity index is 958. The van der Waals surface area contributed by atoms with Crippen LogP contribution in [0, 0.1) is 6.92 Å². The van der Waals surface area contributed by atoms with Crippen molar-refractivity contribution >= 4 is 27.5 Å². The highest BCUT2D eigenvalue weighted by Gasteiger charge is 2.18. The van der Waals surface area contributed by atoms with Gasteiger partial charge in [0.1, 0.15) is 17.1 Å². The van der Waals surface area contributed by atoms with Gasteiger partial charge < -0.3 is 9.84 Å². The first-order valence-corrected chi connectivity index (χ1v) is 7.67. The summed E-state index contributed by atoms with van der Waals surface area (Å²) in [5.41, 5.74) is 1.28. The first-order chi connectivity index (χ1) is 11.0. The van der Waals surface area contributed by atoms with E-state index in [1.165, 1.54) is 17.7 Å². The summed E-state index contributed by atoms with van der Waals surface area (Å²) in [7, 11) is 1.58. The molecule has 0 amide bonds. The molecule has 1 aromatic carbocycles. The zero-order valence-electron chi connectivity index (χ0n) is 12.6. The quantitative estimate of drug-likeness (QED) is 0.795. The summed E-state index contributed by atoms with van der Waals surface area (Å²) in [6, 6.07) is 7.42. The molecule has 0 unspecified atom stereocenters. The van der Waals surface area contributed by atoms with Crippen molar-refractivity contribution in [1.29, 1.82) is 0 Å². The van der Waals surface area contributed by atoms with E-state index in [0.29, 0.717) is 16.0 Å². The highest BCUT2D eigenvalue weighted by Crippen LogP contribution is 2.36. The standard InChI is InChI=1S/C16H14N2O4S/c1-9-13(10-4-3-5-11(6-10)22-2)14-15(23-9)17-8-18(16(14)21)7-12(19)20/h3-6,8H,7H2,1-2H3,(H,19,20). The third-order valence-electron chi connectivity index (χ3n) is 3.52. The molecule has 0 saturated carbocycles. The number of fused-ring (bicyclic) bond motifs is 1. The Morgan fingerprint density at radius 1 is 1.43 bits per heavy atom. The molecule has 2 aromatic heterocycles. The van der Waals surface area contributed by atoms with Crippen LogP contribution >= 0.6 is 11.3 Å². The second kappa shape index (κ2) is 5.85. The van der Waals surface area contributed by atoms with Crippen LogP contribution in [0.2, 0.25) is 0 Å². The number of hydrogen-bond donors (Lipinski definition) is 1. The maximum absolute atomic E-state index is 12.7. The molecule has 23 heavy (non-hydrogen) atoms. The number of nitrogens with zero attached hydrogens (tertiary/aromatic N) is 2. The van der Waals surface area contributed by atoms with Gasteiger partial charge in [-0.3, -0.25) is 14.2 Å². The molecular weight excluding hydrogens is 316 g/mol. The first-order valence-electron chi connectivity index (χ1n) is 6.86. The van der Waals surface area contributed by atoms with Crippen LogP contribution in [0.25, 0.3) is 21.3 Å². The Kier molecular flexibility index (Phi) is 3.87. The van der Waals surface area contributed by atoms with E-state index >= 15 is 0 Å². The molecule has 1 N–H and O–H groups in total. The van der Waals surface area contributed by atoms with E-state index in [4.69, 9.17) is 9.84 Å².